The first kappa shape index (κ1) is 16.7. The van der Waals surface area contributed by atoms with Gasteiger partial charge in [-0.25, -0.2) is 22.4 Å². The average Bonchev–Trinajstić information content (AvgIpc) is 3.01. The molecule has 128 valence electrons. The molecule has 3 rings (SSSR count). The summed E-state index contributed by atoms with van der Waals surface area (Å²) in [6.07, 6.45) is 0. The van der Waals surface area contributed by atoms with E-state index >= 15 is 0 Å². The molecule has 0 spiro atoms. The highest BCUT2D eigenvalue weighted by molar-refractivity contribution is 5.89. The molecule has 0 aliphatic rings. The molecule has 0 saturated carbocycles. The quantitative estimate of drug-likeness (QED) is 0.521. The SMILES string of the molecule is O=C(OCc1cc(-c2ccc(F)cc2F)on1)c1ccc(F)cc1F. The zero-order chi connectivity index (χ0) is 18.0. The van der Waals surface area contributed by atoms with Crippen molar-refractivity contribution in [2.45, 2.75) is 6.61 Å². The maximum Gasteiger partial charge on any atom is 0.341 e. The number of esters is 1. The van der Waals surface area contributed by atoms with E-state index in [1.54, 1.807) is 0 Å². The lowest BCUT2D eigenvalue weighted by Crippen LogP contribution is -2.08. The maximum atomic E-state index is 13.7. The summed E-state index contributed by atoms with van der Waals surface area (Å²) >= 11 is 0. The van der Waals surface area contributed by atoms with Gasteiger partial charge in [-0.3, -0.25) is 0 Å². The van der Waals surface area contributed by atoms with Crippen molar-refractivity contribution < 1.29 is 31.6 Å². The van der Waals surface area contributed by atoms with Crippen LogP contribution >= 0.6 is 0 Å². The third-order valence-corrected chi connectivity index (χ3v) is 3.26. The van der Waals surface area contributed by atoms with Gasteiger partial charge in [-0.15, -0.1) is 0 Å². The van der Waals surface area contributed by atoms with Gasteiger partial charge in [0.2, 0.25) is 0 Å². The summed E-state index contributed by atoms with van der Waals surface area (Å²) in [6.45, 7) is -0.373. The standard InChI is InChI=1S/C17H9F4NO3/c18-9-1-3-12(14(20)5-9)16-7-11(22-25-16)8-24-17(23)13-4-2-10(19)6-15(13)21/h1-7H,8H2. The minimum Gasteiger partial charge on any atom is -0.455 e. The lowest BCUT2D eigenvalue weighted by Gasteiger charge is -2.03. The Kier molecular flexibility index (Phi) is 4.51. The highest BCUT2D eigenvalue weighted by Crippen LogP contribution is 2.24. The molecule has 2 aromatic carbocycles. The Hall–Kier alpha value is -3.16. The number of halogens is 4. The van der Waals surface area contributed by atoms with Gasteiger partial charge in [-0.1, -0.05) is 5.16 Å². The van der Waals surface area contributed by atoms with Crippen molar-refractivity contribution in [1.82, 2.24) is 5.16 Å². The van der Waals surface area contributed by atoms with Crippen LogP contribution in [0.5, 0.6) is 0 Å². The van der Waals surface area contributed by atoms with Crippen LogP contribution in [-0.2, 0) is 11.3 Å². The fourth-order valence-corrected chi connectivity index (χ4v) is 2.07. The number of rotatable bonds is 4. The van der Waals surface area contributed by atoms with Gasteiger partial charge in [0.1, 0.15) is 35.6 Å². The molecule has 8 heteroatoms. The van der Waals surface area contributed by atoms with Crippen molar-refractivity contribution in [2.75, 3.05) is 0 Å². The smallest absolute Gasteiger partial charge is 0.341 e. The highest BCUT2D eigenvalue weighted by Gasteiger charge is 2.16. The first-order valence-corrected chi connectivity index (χ1v) is 6.97. The lowest BCUT2D eigenvalue weighted by molar-refractivity contribution is 0.0459. The van der Waals surface area contributed by atoms with Crippen LogP contribution in [0.1, 0.15) is 16.1 Å². The third-order valence-electron chi connectivity index (χ3n) is 3.26. The van der Waals surface area contributed by atoms with Gasteiger partial charge in [-0.2, -0.15) is 0 Å². The van der Waals surface area contributed by atoms with Crippen LogP contribution in [0.3, 0.4) is 0 Å². The molecule has 0 bridgehead atoms. The first-order chi connectivity index (χ1) is 11.9. The van der Waals surface area contributed by atoms with Crippen molar-refractivity contribution in [1.29, 1.82) is 0 Å². The number of benzene rings is 2. The van der Waals surface area contributed by atoms with Gasteiger partial charge in [0.05, 0.1) is 11.1 Å². The molecule has 0 unspecified atom stereocenters. The van der Waals surface area contributed by atoms with E-state index in [1.807, 2.05) is 0 Å². The van der Waals surface area contributed by atoms with Crippen molar-refractivity contribution >= 4 is 5.97 Å². The Morgan fingerprint density at radius 1 is 0.960 bits per heavy atom. The fraction of sp³-hybridized carbons (Fsp3) is 0.0588. The Balaban J connectivity index is 1.70. The Bertz CT molecular complexity index is 939. The molecule has 0 saturated heterocycles. The predicted octanol–water partition coefficient (Wildman–Crippen LogP) is 4.26. The Morgan fingerprint density at radius 3 is 2.32 bits per heavy atom. The van der Waals surface area contributed by atoms with Crippen LogP contribution in [0, 0.1) is 23.3 Å². The number of nitrogens with zero attached hydrogens (tertiary/aromatic N) is 1. The normalized spacial score (nSPS) is 10.7. The molecular weight excluding hydrogens is 342 g/mol. The number of aromatic nitrogens is 1. The van der Waals surface area contributed by atoms with E-state index in [-0.39, 0.29) is 23.6 Å². The molecule has 0 radical (unpaired) electrons. The zero-order valence-electron chi connectivity index (χ0n) is 12.4. The van der Waals surface area contributed by atoms with Crippen LogP contribution in [0.4, 0.5) is 17.6 Å². The van der Waals surface area contributed by atoms with Crippen LogP contribution in [0.2, 0.25) is 0 Å². The van der Waals surface area contributed by atoms with Crippen molar-refractivity contribution in [2.24, 2.45) is 0 Å². The van der Waals surface area contributed by atoms with Crippen molar-refractivity contribution in [3.63, 3.8) is 0 Å². The Morgan fingerprint density at radius 2 is 1.64 bits per heavy atom. The summed E-state index contributed by atoms with van der Waals surface area (Å²) in [5, 5.41) is 3.59. The molecule has 4 nitrogen and oxygen atoms in total. The monoisotopic (exact) mass is 351 g/mol. The molecule has 0 N–H and O–H groups in total. The van der Waals surface area contributed by atoms with Crippen LogP contribution in [0.15, 0.2) is 47.0 Å². The number of carbonyl (C=O) groups is 1. The minimum atomic E-state index is -1.06. The van der Waals surface area contributed by atoms with Crippen molar-refractivity contribution in [3.8, 4) is 11.3 Å². The van der Waals surface area contributed by atoms with E-state index < -0.39 is 34.8 Å². The number of ether oxygens (including phenoxy) is 1. The van der Waals surface area contributed by atoms with E-state index in [1.165, 1.54) is 12.1 Å². The van der Waals surface area contributed by atoms with Gasteiger partial charge < -0.3 is 9.26 Å². The topological polar surface area (TPSA) is 52.3 Å². The second-order valence-corrected chi connectivity index (χ2v) is 5.01. The molecule has 0 aliphatic heterocycles. The van der Waals surface area contributed by atoms with Crippen molar-refractivity contribution in [3.05, 3.63) is 77.0 Å². The summed E-state index contributed by atoms with van der Waals surface area (Å²) in [5.74, 6) is -4.47. The van der Waals surface area contributed by atoms with Gasteiger partial charge in [0.15, 0.2) is 5.76 Å². The third kappa shape index (κ3) is 3.68. The predicted molar refractivity (Wildman–Crippen MR) is 77.3 cm³/mol. The minimum absolute atomic E-state index is 0.0107. The molecule has 0 aliphatic carbocycles. The highest BCUT2D eigenvalue weighted by atomic mass is 19.1. The van der Waals surface area contributed by atoms with E-state index in [9.17, 15) is 22.4 Å². The molecule has 1 heterocycles. The van der Waals surface area contributed by atoms with E-state index in [0.717, 1.165) is 18.2 Å². The number of hydrogen-bond donors (Lipinski definition) is 0. The molecular formula is C17H9F4NO3. The average molecular weight is 351 g/mol. The van der Waals surface area contributed by atoms with Gasteiger partial charge >= 0.3 is 5.97 Å². The summed E-state index contributed by atoms with van der Waals surface area (Å²) in [4.78, 5) is 11.8. The molecule has 0 fully saturated rings. The molecule has 0 atom stereocenters. The van der Waals surface area contributed by atoms with E-state index in [0.29, 0.717) is 12.1 Å². The maximum absolute atomic E-state index is 13.7. The van der Waals surface area contributed by atoms with Crippen LogP contribution < -0.4 is 0 Å². The van der Waals surface area contributed by atoms with Gasteiger partial charge in [-0.05, 0) is 24.3 Å². The number of hydrogen-bond acceptors (Lipinski definition) is 4. The lowest BCUT2D eigenvalue weighted by atomic mass is 10.1. The molecule has 3 aromatic rings. The number of carbonyl (C=O) groups excluding carboxylic acids is 1. The fourth-order valence-electron chi connectivity index (χ4n) is 2.07. The summed E-state index contributed by atoms with van der Waals surface area (Å²) in [6, 6.07) is 6.65. The molecule has 0 amide bonds. The van der Waals surface area contributed by atoms with Crippen LogP contribution in [-0.4, -0.2) is 11.1 Å². The molecule has 1 aromatic heterocycles. The first-order valence-electron chi connectivity index (χ1n) is 6.97. The van der Waals surface area contributed by atoms with Gasteiger partial charge in [0.25, 0.3) is 0 Å². The summed E-state index contributed by atoms with van der Waals surface area (Å²) < 4.78 is 62.6. The van der Waals surface area contributed by atoms with Gasteiger partial charge in [0, 0.05) is 18.2 Å². The molecule has 25 heavy (non-hydrogen) atoms. The summed E-state index contributed by atoms with van der Waals surface area (Å²) in [7, 11) is 0. The van der Waals surface area contributed by atoms with E-state index in [2.05, 4.69) is 5.16 Å². The largest absolute Gasteiger partial charge is 0.455 e. The Labute approximate surface area is 138 Å². The zero-order valence-corrected chi connectivity index (χ0v) is 12.4. The van der Waals surface area contributed by atoms with Crippen LogP contribution in [0.25, 0.3) is 11.3 Å². The second kappa shape index (κ2) is 6.76. The second-order valence-electron chi connectivity index (χ2n) is 5.01. The summed E-state index contributed by atoms with van der Waals surface area (Å²) in [5.41, 5.74) is -0.319. The van der Waals surface area contributed by atoms with E-state index in [4.69, 9.17) is 9.26 Å².